The number of hydrogen-bond acceptors (Lipinski definition) is 4. The summed E-state index contributed by atoms with van der Waals surface area (Å²) in [5, 5.41) is 9.69. The van der Waals surface area contributed by atoms with E-state index in [1.807, 2.05) is 54.6 Å². The molecule has 0 radical (unpaired) electrons. The highest BCUT2D eigenvalue weighted by Gasteiger charge is 2.10. The van der Waals surface area contributed by atoms with Crippen molar-refractivity contribution in [1.82, 2.24) is 20.2 Å². The molecule has 0 aliphatic carbocycles. The number of hydrogen-bond donors (Lipinski definition) is 2. The molecule has 24 heavy (non-hydrogen) atoms. The van der Waals surface area contributed by atoms with Gasteiger partial charge < -0.3 is 5.32 Å². The highest BCUT2D eigenvalue weighted by atomic mass is 16.1. The fraction of sp³-hybridized carbons (Fsp3) is 0. The lowest BCUT2D eigenvalue weighted by atomic mass is 10.1. The molecular formula is C18H13N5O. The molecule has 6 heteroatoms. The number of fused-ring (bicyclic) bond motifs is 1. The van der Waals surface area contributed by atoms with Gasteiger partial charge in [0.15, 0.2) is 0 Å². The number of carbonyl (C=O) groups is 1. The highest BCUT2D eigenvalue weighted by molar-refractivity contribution is 6.03. The first-order chi connectivity index (χ1) is 11.8. The molecule has 116 valence electrons. The number of nitrogens with zero attached hydrogens (tertiary/aromatic N) is 3. The number of carbonyl (C=O) groups excluding carboxylic acids is 1. The van der Waals surface area contributed by atoms with Crippen LogP contribution in [0.2, 0.25) is 0 Å². The average molecular weight is 315 g/mol. The lowest BCUT2D eigenvalue weighted by Gasteiger charge is -2.07. The molecule has 0 aliphatic rings. The average Bonchev–Trinajstić information content (AvgIpc) is 3.16. The van der Waals surface area contributed by atoms with Gasteiger partial charge in [0.05, 0.1) is 22.9 Å². The summed E-state index contributed by atoms with van der Waals surface area (Å²) in [4.78, 5) is 21.0. The largest absolute Gasteiger partial charge is 0.321 e. The maximum Gasteiger partial charge on any atom is 0.275 e. The number of H-pyrrole nitrogens is 1. The molecule has 0 saturated heterocycles. The molecule has 0 aliphatic heterocycles. The summed E-state index contributed by atoms with van der Waals surface area (Å²) in [7, 11) is 0. The minimum Gasteiger partial charge on any atom is -0.321 e. The molecule has 2 aromatic carbocycles. The van der Waals surface area contributed by atoms with E-state index < -0.39 is 0 Å². The van der Waals surface area contributed by atoms with Crippen molar-refractivity contribution >= 4 is 22.6 Å². The van der Waals surface area contributed by atoms with E-state index in [0.717, 1.165) is 16.8 Å². The maximum absolute atomic E-state index is 12.4. The first kappa shape index (κ1) is 14.1. The number of anilines is 1. The van der Waals surface area contributed by atoms with Crippen molar-refractivity contribution in [2.24, 2.45) is 0 Å². The minimum absolute atomic E-state index is 0.278. The predicted molar refractivity (Wildman–Crippen MR) is 91.5 cm³/mol. The highest BCUT2D eigenvalue weighted by Crippen LogP contribution is 2.20. The van der Waals surface area contributed by atoms with Crippen molar-refractivity contribution in [2.45, 2.75) is 0 Å². The Morgan fingerprint density at radius 2 is 1.88 bits per heavy atom. The van der Waals surface area contributed by atoms with E-state index in [0.29, 0.717) is 11.2 Å². The Bertz CT molecular complexity index is 1010. The molecule has 1 amide bonds. The van der Waals surface area contributed by atoms with E-state index in [2.05, 4.69) is 25.5 Å². The van der Waals surface area contributed by atoms with Gasteiger partial charge in [0.25, 0.3) is 5.91 Å². The Labute approximate surface area is 137 Å². The lowest BCUT2D eigenvalue weighted by Crippen LogP contribution is -2.14. The molecule has 0 fully saturated rings. The third-order valence-corrected chi connectivity index (χ3v) is 3.61. The number of aromatic nitrogens is 4. The van der Waals surface area contributed by atoms with Crippen LogP contribution < -0.4 is 5.32 Å². The number of rotatable bonds is 3. The monoisotopic (exact) mass is 315 g/mol. The number of nitrogens with one attached hydrogen (secondary N) is 2. The topological polar surface area (TPSA) is 83.6 Å². The van der Waals surface area contributed by atoms with Crippen LogP contribution in [0.15, 0.2) is 67.0 Å². The van der Waals surface area contributed by atoms with Gasteiger partial charge in [-0.3, -0.25) is 14.9 Å². The number of amides is 1. The van der Waals surface area contributed by atoms with Crippen molar-refractivity contribution in [3.8, 4) is 11.3 Å². The summed E-state index contributed by atoms with van der Waals surface area (Å²) in [5.41, 5.74) is 4.24. The van der Waals surface area contributed by atoms with Crippen LogP contribution in [0, 0.1) is 0 Å². The van der Waals surface area contributed by atoms with Gasteiger partial charge >= 0.3 is 0 Å². The van der Waals surface area contributed by atoms with Gasteiger partial charge in [0.1, 0.15) is 5.69 Å². The molecule has 0 saturated carbocycles. The molecule has 2 N–H and O–H groups in total. The molecule has 2 aromatic heterocycles. The van der Waals surface area contributed by atoms with Gasteiger partial charge in [-0.2, -0.15) is 5.10 Å². The predicted octanol–water partition coefficient (Wildman–Crippen LogP) is 3.27. The van der Waals surface area contributed by atoms with Crippen LogP contribution in [0.4, 0.5) is 5.69 Å². The lowest BCUT2D eigenvalue weighted by molar-refractivity contribution is 0.102. The van der Waals surface area contributed by atoms with Crippen molar-refractivity contribution in [1.29, 1.82) is 0 Å². The summed E-state index contributed by atoms with van der Waals surface area (Å²) in [6.45, 7) is 0. The number of para-hydroxylation sites is 2. The van der Waals surface area contributed by atoms with Gasteiger partial charge in [-0.1, -0.05) is 24.3 Å². The van der Waals surface area contributed by atoms with E-state index in [9.17, 15) is 4.79 Å². The quantitative estimate of drug-likeness (QED) is 0.608. The zero-order chi connectivity index (χ0) is 16.4. The second kappa shape index (κ2) is 5.92. The Hall–Kier alpha value is -3.54. The Balaban J connectivity index is 1.60. The summed E-state index contributed by atoms with van der Waals surface area (Å²) < 4.78 is 0. The van der Waals surface area contributed by atoms with Crippen LogP contribution >= 0.6 is 0 Å². The van der Waals surface area contributed by atoms with Crippen molar-refractivity contribution in [2.75, 3.05) is 5.32 Å². The van der Waals surface area contributed by atoms with Crippen LogP contribution in [0.25, 0.3) is 22.3 Å². The molecule has 0 atom stereocenters. The van der Waals surface area contributed by atoms with E-state index in [-0.39, 0.29) is 11.6 Å². The summed E-state index contributed by atoms with van der Waals surface area (Å²) in [6.07, 6.45) is 3.17. The van der Waals surface area contributed by atoms with Crippen LogP contribution in [0.1, 0.15) is 10.5 Å². The molecular weight excluding hydrogens is 302 g/mol. The summed E-state index contributed by atoms with van der Waals surface area (Å²) >= 11 is 0. The van der Waals surface area contributed by atoms with E-state index in [1.54, 1.807) is 6.20 Å². The summed E-state index contributed by atoms with van der Waals surface area (Å²) in [6, 6.07) is 16.8. The smallest absolute Gasteiger partial charge is 0.275 e. The second-order valence-corrected chi connectivity index (χ2v) is 5.25. The third-order valence-electron chi connectivity index (χ3n) is 3.61. The first-order valence-electron chi connectivity index (χ1n) is 7.42. The molecule has 4 aromatic rings. The Morgan fingerprint density at radius 1 is 1.00 bits per heavy atom. The molecule has 0 bridgehead atoms. The Kier molecular flexibility index (Phi) is 3.47. The first-order valence-corrected chi connectivity index (χ1v) is 7.42. The second-order valence-electron chi connectivity index (χ2n) is 5.25. The molecule has 0 spiro atoms. The fourth-order valence-corrected chi connectivity index (χ4v) is 2.44. The fourth-order valence-electron chi connectivity index (χ4n) is 2.44. The number of benzene rings is 2. The van der Waals surface area contributed by atoms with Crippen LogP contribution in [0.3, 0.4) is 0 Å². The van der Waals surface area contributed by atoms with Gasteiger partial charge in [-0.25, -0.2) is 4.98 Å². The zero-order valence-electron chi connectivity index (χ0n) is 12.6. The third kappa shape index (κ3) is 2.72. The maximum atomic E-state index is 12.4. The van der Waals surface area contributed by atoms with Crippen molar-refractivity contribution < 1.29 is 4.79 Å². The number of aromatic amines is 1. The van der Waals surface area contributed by atoms with Gasteiger partial charge in [-0.05, 0) is 30.3 Å². The molecule has 0 unspecified atom stereocenters. The standard InChI is InChI=1S/C18H13N5O/c24-18(17-11-19-15-6-1-2-7-16(15)22-17)21-13-5-3-4-12(10-13)14-8-9-20-23-14/h1-11H,(H,20,23)(H,21,24). The van der Waals surface area contributed by atoms with Gasteiger partial charge in [0.2, 0.25) is 0 Å². The normalized spacial score (nSPS) is 10.7. The molecule has 6 nitrogen and oxygen atoms in total. The Morgan fingerprint density at radius 3 is 2.71 bits per heavy atom. The van der Waals surface area contributed by atoms with Gasteiger partial charge in [-0.15, -0.1) is 0 Å². The van der Waals surface area contributed by atoms with Crippen LogP contribution in [-0.4, -0.2) is 26.1 Å². The SMILES string of the molecule is O=C(Nc1cccc(-c2ccn[nH]2)c1)c1cnc2ccccc2n1. The molecule has 4 rings (SSSR count). The van der Waals surface area contributed by atoms with Crippen molar-refractivity contribution in [3.63, 3.8) is 0 Å². The van der Waals surface area contributed by atoms with Crippen LogP contribution in [-0.2, 0) is 0 Å². The minimum atomic E-state index is -0.296. The van der Waals surface area contributed by atoms with E-state index >= 15 is 0 Å². The van der Waals surface area contributed by atoms with Gasteiger partial charge in [0, 0.05) is 17.4 Å². The van der Waals surface area contributed by atoms with E-state index in [1.165, 1.54) is 6.20 Å². The van der Waals surface area contributed by atoms with E-state index in [4.69, 9.17) is 0 Å². The summed E-state index contributed by atoms with van der Waals surface area (Å²) in [5.74, 6) is -0.296. The zero-order valence-corrected chi connectivity index (χ0v) is 12.6. The van der Waals surface area contributed by atoms with Crippen molar-refractivity contribution in [3.05, 3.63) is 72.7 Å². The van der Waals surface area contributed by atoms with Crippen LogP contribution in [0.5, 0.6) is 0 Å². The molecule has 2 heterocycles.